The van der Waals surface area contributed by atoms with Gasteiger partial charge >= 0.3 is 6.01 Å². The average molecular weight is 348 g/mol. The van der Waals surface area contributed by atoms with Gasteiger partial charge in [-0.25, -0.2) is 9.97 Å². The minimum Gasteiger partial charge on any atom is -0.458 e. The van der Waals surface area contributed by atoms with Gasteiger partial charge in [-0.3, -0.25) is 4.79 Å². The van der Waals surface area contributed by atoms with Crippen molar-refractivity contribution in [2.24, 2.45) is 0 Å². The summed E-state index contributed by atoms with van der Waals surface area (Å²) in [7, 11) is 0. The molecule has 1 amide bonds. The first-order valence-electron chi connectivity index (χ1n) is 7.79. The molecule has 0 aliphatic carbocycles. The summed E-state index contributed by atoms with van der Waals surface area (Å²) in [6.45, 7) is 0.999. The third kappa shape index (κ3) is 4.01. The molecule has 126 valence electrons. The van der Waals surface area contributed by atoms with Crippen LogP contribution in [0.2, 0.25) is 5.02 Å². The van der Waals surface area contributed by atoms with Crippen molar-refractivity contribution >= 4 is 17.5 Å². The van der Waals surface area contributed by atoms with E-state index in [-0.39, 0.29) is 18.0 Å². The topological polar surface area (TPSA) is 75.5 Å². The molecule has 1 saturated heterocycles. The van der Waals surface area contributed by atoms with Crippen molar-refractivity contribution < 1.29 is 14.6 Å². The van der Waals surface area contributed by atoms with E-state index in [2.05, 4.69) is 9.97 Å². The molecule has 1 aliphatic rings. The zero-order valence-corrected chi connectivity index (χ0v) is 13.8. The molecule has 24 heavy (non-hydrogen) atoms. The van der Waals surface area contributed by atoms with Crippen LogP contribution in [0.15, 0.2) is 42.7 Å². The summed E-state index contributed by atoms with van der Waals surface area (Å²) in [5.74, 6) is -0.313. The number of hydrogen-bond acceptors (Lipinski definition) is 5. The lowest BCUT2D eigenvalue weighted by atomic mass is 10.0. The summed E-state index contributed by atoms with van der Waals surface area (Å²) in [4.78, 5) is 22.2. The molecule has 0 saturated carbocycles. The SMILES string of the molecule is O=C(C(O)c1ccccc1)N1CCCC(Oc2ncc(Cl)cn2)C1. The van der Waals surface area contributed by atoms with Crippen LogP contribution in [0.5, 0.6) is 6.01 Å². The normalized spacial score (nSPS) is 18.9. The van der Waals surface area contributed by atoms with Gasteiger partial charge in [0.1, 0.15) is 6.10 Å². The lowest BCUT2D eigenvalue weighted by Crippen LogP contribution is -2.46. The van der Waals surface area contributed by atoms with E-state index in [1.54, 1.807) is 29.2 Å². The molecule has 2 aromatic rings. The number of likely N-dealkylation sites (tertiary alicyclic amines) is 1. The number of hydrogen-bond donors (Lipinski definition) is 1. The molecular weight excluding hydrogens is 330 g/mol. The molecule has 1 aromatic heterocycles. The van der Waals surface area contributed by atoms with Gasteiger partial charge in [-0.2, -0.15) is 0 Å². The molecule has 1 N–H and O–H groups in total. The molecule has 0 radical (unpaired) electrons. The Hall–Kier alpha value is -2.18. The second-order valence-corrected chi connectivity index (χ2v) is 6.10. The van der Waals surface area contributed by atoms with Crippen molar-refractivity contribution in [2.75, 3.05) is 13.1 Å². The number of carbonyl (C=O) groups is 1. The maximum Gasteiger partial charge on any atom is 0.316 e. The molecule has 6 nitrogen and oxygen atoms in total. The van der Waals surface area contributed by atoms with Crippen molar-refractivity contribution in [3.63, 3.8) is 0 Å². The Morgan fingerprint density at radius 1 is 1.29 bits per heavy atom. The van der Waals surface area contributed by atoms with E-state index < -0.39 is 6.10 Å². The first kappa shape index (κ1) is 16.7. The van der Waals surface area contributed by atoms with Crippen LogP contribution in [0.1, 0.15) is 24.5 Å². The van der Waals surface area contributed by atoms with Crippen LogP contribution in [0.3, 0.4) is 0 Å². The van der Waals surface area contributed by atoms with Gasteiger partial charge in [-0.1, -0.05) is 41.9 Å². The van der Waals surface area contributed by atoms with Gasteiger partial charge in [-0.15, -0.1) is 0 Å². The Kier molecular flexibility index (Phi) is 5.27. The number of ether oxygens (including phenoxy) is 1. The lowest BCUT2D eigenvalue weighted by Gasteiger charge is -2.33. The van der Waals surface area contributed by atoms with Crippen molar-refractivity contribution in [3.05, 3.63) is 53.3 Å². The van der Waals surface area contributed by atoms with E-state index >= 15 is 0 Å². The van der Waals surface area contributed by atoms with Gasteiger partial charge in [0.05, 0.1) is 24.0 Å². The van der Waals surface area contributed by atoms with Crippen LogP contribution in [0.25, 0.3) is 0 Å². The average Bonchev–Trinajstić information content (AvgIpc) is 2.63. The van der Waals surface area contributed by atoms with Crippen molar-refractivity contribution in [3.8, 4) is 6.01 Å². The van der Waals surface area contributed by atoms with Crippen LogP contribution in [-0.4, -0.2) is 45.1 Å². The molecule has 7 heteroatoms. The van der Waals surface area contributed by atoms with Crippen LogP contribution >= 0.6 is 11.6 Å². The van der Waals surface area contributed by atoms with Crippen molar-refractivity contribution in [1.82, 2.24) is 14.9 Å². The molecule has 2 heterocycles. The minimum atomic E-state index is -1.16. The molecule has 3 rings (SSSR count). The molecule has 2 atom stereocenters. The summed E-state index contributed by atoms with van der Waals surface area (Å²) in [5, 5.41) is 10.7. The van der Waals surface area contributed by atoms with Crippen molar-refractivity contribution in [2.45, 2.75) is 25.0 Å². The van der Waals surface area contributed by atoms with E-state index in [0.29, 0.717) is 23.7 Å². The molecule has 0 spiro atoms. The molecular formula is C17H18ClN3O3. The maximum atomic E-state index is 12.5. The van der Waals surface area contributed by atoms with Gasteiger partial charge in [0.2, 0.25) is 0 Å². The Labute approximate surface area is 145 Å². The fourth-order valence-electron chi connectivity index (χ4n) is 2.70. The Bertz CT molecular complexity index is 681. The smallest absolute Gasteiger partial charge is 0.316 e. The molecule has 2 unspecified atom stereocenters. The van der Waals surface area contributed by atoms with E-state index in [9.17, 15) is 9.90 Å². The van der Waals surface area contributed by atoms with Crippen LogP contribution in [0.4, 0.5) is 0 Å². The lowest BCUT2D eigenvalue weighted by molar-refractivity contribution is -0.143. The molecule has 1 fully saturated rings. The predicted octanol–water partition coefficient (Wildman–Crippen LogP) is 2.23. The highest BCUT2D eigenvalue weighted by atomic mass is 35.5. The zero-order chi connectivity index (χ0) is 16.9. The number of aliphatic hydroxyl groups is 1. The third-order valence-electron chi connectivity index (χ3n) is 3.91. The third-order valence-corrected chi connectivity index (χ3v) is 4.10. The quantitative estimate of drug-likeness (QED) is 0.918. The number of piperidine rings is 1. The molecule has 1 aliphatic heterocycles. The number of halogens is 1. The highest BCUT2D eigenvalue weighted by Gasteiger charge is 2.29. The fourth-order valence-corrected chi connectivity index (χ4v) is 2.79. The van der Waals surface area contributed by atoms with Gasteiger partial charge in [0.25, 0.3) is 5.91 Å². The second kappa shape index (κ2) is 7.59. The number of amides is 1. The van der Waals surface area contributed by atoms with E-state index in [0.717, 1.165) is 12.8 Å². The Morgan fingerprint density at radius 2 is 2.00 bits per heavy atom. The number of nitrogens with zero attached hydrogens (tertiary/aromatic N) is 3. The van der Waals surface area contributed by atoms with Crippen LogP contribution < -0.4 is 4.74 Å². The molecule has 1 aromatic carbocycles. The van der Waals surface area contributed by atoms with Gasteiger partial charge in [0, 0.05) is 6.54 Å². The summed E-state index contributed by atoms with van der Waals surface area (Å²) >= 11 is 5.75. The highest BCUT2D eigenvalue weighted by Crippen LogP contribution is 2.21. The standard InChI is InChI=1S/C17H18ClN3O3/c18-13-9-19-17(20-10-13)24-14-7-4-8-21(11-14)16(23)15(22)12-5-2-1-3-6-12/h1-3,5-6,9-10,14-15,22H,4,7-8,11H2. The van der Waals surface area contributed by atoms with Crippen molar-refractivity contribution in [1.29, 1.82) is 0 Å². The van der Waals surface area contributed by atoms with E-state index in [1.807, 2.05) is 6.07 Å². The maximum absolute atomic E-state index is 12.5. The first-order chi connectivity index (χ1) is 11.6. The second-order valence-electron chi connectivity index (χ2n) is 5.66. The fraction of sp³-hybridized carbons (Fsp3) is 0.353. The van der Waals surface area contributed by atoms with Crippen LogP contribution in [0, 0.1) is 0 Å². The van der Waals surface area contributed by atoms with E-state index in [4.69, 9.17) is 16.3 Å². The summed E-state index contributed by atoms with van der Waals surface area (Å²) < 4.78 is 5.72. The Balaban J connectivity index is 1.62. The summed E-state index contributed by atoms with van der Waals surface area (Å²) in [6.07, 6.45) is 3.18. The number of rotatable bonds is 4. The number of carbonyl (C=O) groups excluding carboxylic acids is 1. The first-order valence-corrected chi connectivity index (χ1v) is 8.17. The predicted molar refractivity (Wildman–Crippen MR) is 88.7 cm³/mol. The van der Waals surface area contributed by atoms with Gasteiger partial charge < -0.3 is 14.7 Å². The molecule has 0 bridgehead atoms. The number of aromatic nitrogens is 2. The minimum absolute atomic E-state index is 0.202. The Morgan fingerprint density at radius 3 is 2.71 bits per heavy atom. The van der Waals surface area contributed by atoms with E-state index in [1.165, 1.54) is 12.4 Å². The highest BCUT2D eigenvalue weighted by molar-refractivity contribution is 6.30. The van der Waals surface area contributed by atoms with Crippen LogP contribution in [-0.2, 0) is 4.79 Å². The monoisotopic (exact) mass is 347 g/mol. The number of benzene rings is 1. The zero-order valence-electron chi connectivity index (χ0n) is 13.0. The number of aliphatic hydroxyl groups excluding tert-OH is 1. The van der Waals surface area contributed by atoms with Gasteiger partial charge in [0.15, 0.2) is 6.10 Å². The summed E-state index contributed by atoms with van der Waals surface area (Å²) in [5.41, 5.74) is 0.589. The largest absolute Gasteiger partial charge is 0.458 e. The van der Waals surface area contributed by atoms with Gasteiger partial charge in [-0.05, 0) is 18.4 Å². The summed E-state index contributed by atoms with van der Waals surface area (Å²) in [6, 6.07) is 9.15.